The molecule has 0 amide bonds. The molecule has 10 heteroatoms. The van der Waals surface area contributed by atoms with Crippen LogP contribution in [-0.4, -0.2) is 41.0 Å². The normalized spacial score (nSPS) is 11.5. The van der Waals surface area contributed by atoms with Gasteiger partial charge in [-0.15, -0.1) is 0 Å². The van der Waals surface area contributed by atoms with Crippen LogP contribution in [-0.2, 0) is 10.0 Å². The lowest BCUT2D eigenvalue weighted by Crippen LogP contribution is -2.29. The Morgan fingerprint density at radius 3 is 2.63 bits per heavy atom. The topological polar surface area (TPSA) is 102 Å². The number of aromatic nitrogens is 4. The van der Waals surface area contributed by atoms with Crippen LogP contribution in [0, 0.1) is 13.8 Å². The molecule has 27 heavy (non-hydrogen) atoms. The minimum absolute atomic E-state index is 0.137. The van der Waals surface area contributed by atoms with E-state index in [4.69, 9.17) is 11.6 Å². The first-order valence-electron chi connectivity index (χ1n) is 8.19. The number of hydrogen-bond acceptors (Lipinski definition) is 6. The Balaban J connectivity index is 1.59. The molecule has 0 spiro atoms. The standard InChI is InChI=1S/C17H19ClN6O2S/c1-12-3-4-14(9-15(12)18)27(25,26)23-6-5-20-16-10-17(22-11-21-16)24-8-7-19-13(24)2/h3-4,7-11,23H,5-6H2,1-2H3,(H,20,21,22). The molecule has 0 bridgehead atoms. The Morgan fingerprint density at radius 1 is 1.11 bits per heavy atom. The summed E-state index contributed by atoms with van der Waals surface area (Å²) < 4.78 is 29.0. The van der Waals surface area contributed by atoms with E-state index in [9.17, 15) is 8.42 Å². The third-order valence-corrected chi connectivity index (χ3v) is 5.77. The van der Waals surface area contributed by atoms with Gasteiger partial charge in [-0.05, 0) is 31.5 Å². The van der Waals surface area contributed by atoms with E-state index in [2.05, 4.69) is 25.0 Å². The van der Waals surface area contributed by atoms with Gasteiger partial charge in [0, 0.05) is 36.6 Å². The van der Waals surface area contributed by atoms with Crippen molar-refractivity contribution in [1.82, 2.24) is 24.2 Å². The van der Waals surface area contributed by atoms with E-state index >= 15 is 0 Å². The lowest BCUT2D eigenvalue weighted by Gasteiger charge is -2.10. The third kappa shape index (κ3) is 4.62. The highest BCUT2D eigenvalue weighted by Gasteiger charge is 2.14. The van der Waals surface area contributed by atoms with Crippen molar-refractivity contribution in [3.05, 3.63) is 59.4 Å². The van der Waals surface area contributed by atoms with Gasteiger partial charge in [0.05, 0.1) is 4.90 Å². The first kappa shape index (κ1) is 19.3. The Kier molecular flexibility index (Phi) is 5.73. The van der Waals surface area contributed by atoms with Crippen molar-refractivity contribution >= 4 is 27.4 Å². The fourth-order valence-electron chi connectivity index (χ4n) is 2.40. The van der Waals surface area contributed by atoms with Gasteiger partial charge in [-0.1, -0.05) is 17.7 Å². The molecule has 0 saturated carbocycles. The summed E-state index contributed by atoms with van der Waals surface area (Å²) in [5.41, 5.74) is 0.824. The average molecular weight is 407 g/mol. The number of nitrogens with one attached hydrogen (secondary N) is 2. The molecule has 0 saturated heterocycles. The number of imidazole rings is 1. The SMILES string of the molecule is Cc1ccc(S(=O)(=O)NCCNc2cc(-n3ccnc3C)ncn2)cc1Cl. The number of nitrogens with zero attached hydrogens (tertiary/aromatic N) is 4. The number of hydrogen-bond donors (Lipinski definition) is 2. The Labute approximate surface area is 162 Å². The molecule has 0 atom stereocenters. The van der Waals surface area contributed by atoms with Crippen molar-refractivity contribution < 1.29 is 8.42 Å². The lowest BCUT2D eigenvalue weighted by atomic mass is 10.2. The van der Waals surface area contributed by atoms with Crippen molar-refractivity contribution in [2.45, 2.75) is 18.7 Å². The zero-order valence-corrected chi connectivity index (χ0v) is 16.4. The molecule has 3 rings (SSSR count). The second kappa shape index (κ2) is 8.03. The monoisotopic (exact) mass is 406 g/mol. The van der Waals surface area contributed by atoms with E-state index in [1.165, 1.54) is 18.5 Å². The molecular formula is C17H19ClN6O2S. The minimum atomic E-state index is -3.62. The Bertz CT molecular complexity index is 1050. The number of sulfonamides is 1. The van der Waals surface area contributed by atoms with E-state index in [-0.39, 0.29) is 11.4 Å². The first-order chi connectivity index (χ1) is 12.9. The zero-order chi connectivity index (χ0) is 19.4. The van der Waals surface area contributed by atoms with Crippen molar-refractivity contribution in [3.63, 3.8) is 0 Å². The van der Waals surface area contributed by atoms with Crippen molar-refractivity contribution in [1.29, 1.82) is 0 Å². The average Bonchev–Trinajstić information content (AvgIpc) is 3.07. The molecule has 8 nitrogen and oxygen atoms in total. The fourth-order valence-corrected chi connectivity index (χ4v) is 3.70. The number of anilines is 1. The molecular weight excluding hydrogens is 388 g/mol. The molecule has 2 N–H and O–H groups in total. The summed E-state index contributed by atoms with van der Waals surface area (Å²) >= 11 is 6.00. The van der Waals surface area contributed by atoms with Crippen LogP contribution in [0.5, 0.6) is 0 Å². The van der Waals surface area contributed by atoms with Gasteiger partial charge in [0.1, 0.15) is 23.8 Å². The van der Waals surface area contributed by atoms with Gasteiger partial charge in [0.25, 0.3) is 0 Å². The largest absolute Gasteiger partial charge is 0.369 e. The van der Waals surface area contributed by atoms with Crippen LogP contribution in [0.15, 0.2) is 47.9 Å². The van der Waals surface area contributed by atoms with Crippen LogP contribution in [0.3, 0.4) is 0 Å². The molecule has 0 fully saturated rings. The highest BCUT2D eigenvalue weighted by atomic mass is 35.5. The lowest BCUT2D eigenvalue weighted by molar-refractivity contribution is 0.583. The maximum Gasteiger partial charge on any atom is 0.240 e. The number of aryl methyl sites for hydroxylation is 2. The predicted molar refractivity (Wildman–Crippen MR) is 104 cm³/mol. The quantitative estimate of drug-likeness (QED) is 0.584. The van der Waals surface area contributed by atoms with Crippen molar-refractivity contribution in [2.24, 2.45) is 0 Å². The van der Waals surface area contributed by atoms with Gasteiger partial charge in [-0.25, -0.2) is 28.1 Å². The van der Waals surface area contributed by atoms with E-state index in [0.29, 0.717) is 23.2 Å². The second-order valence-corrected chi connectivity index (χ2v) is 8.02. The maximum atomic E-state index is 12.3. The summed E-state index contributed by atoms with van der Waals surface area (Å²) in [5.74, 6) is 2.08. The molecule has 2 aromatic heterocycles. The number of halogens is 1. The second-order valence-electron chi connectivity index (χ2n) is 5.84. The molecule has 0 unspecified atom stereocenters. The van der Waals surface area contributed by atoms with E-state index < -0.39 is 10.0 Å². The third-order valence-electron chi connectivity index (χ3n) is 3.90. The summed E-state index contributed by atoms with van der Waals surface area (Å²) in [4.78, 5) is 12.7. The van der Waals surface area contributed by atoms with Crippen LogP contribution >= 0.6 is 11.6 Å². The summed E-state index contributed by atoms with van der Waals surface area (Å²) in [6.07, 6.45) is 4.94. The number of benzene rings is 1. The van der Waals surface area contributed by atoms with Gasteiger partial charge in [-0.2, -0.15) is 0 Å². The van der Waals surface area contributed by atoms with Gasteiger partial charge in [-0.3, -0.25) is 4.57 Å². The van der Waals surface area contributed by atoms with Crippen LogP contribution in [0.4, 0.5) is 5.82 Å². The number of rotatable bonds is 7. The molecule has 0 aliphatic rings. The maximum absolute atomic E-state index is 12.3. The molecule has 2 heterocycles. The van der Waals surface area contributed by atoms with Crippen LogP contribution in [0.2, 0.25) is 5.02 Å². The van der Waals surface area contributed by atoms with Crippen molar-refractivity contribution in [2.75, 3.05) is 18.4 Å². The van der Waals surface area contributed by atoms with E-state index in [0.717, 1.165) is 11.4 Å². The summed E-state index contributed by atoms with van der Waals surface area (Å²) in [7, 11) is -3.62. The summed E-state index contributed by atoms with van der Waals surface area (Å²) in [6, 6.07) is 6.41. The highest BCUT2D eigenvalue weighted by molar-refractivity contribution is 7.89. The molecule has 0 aliphatic carbocycles. The van der Waals surface area contributed by atoms with Gasteiger partial charge in [0.15, 0.2) is 0 Å². The fraction of sp³-hybridized carbons (Fsp3) is 0.235. The molecule has 1 aromatic carbocycles. The zero-order valence-electron chi connectivity index (χ0n) is 14.8. The van der Waals surface area contributed by atoms with E-state index in [1.54, 1.807) is 18.3 Å². The van der Waals surface area contributed by atoms with Crippen LogP contribution in [0.1, 0.15) is 11.4 Å². The van der Waals surface area contributed by atoms with Crippen molar-refractivity contribution in [3.8, 4) is 5.82 Å². The van der Waals surface area contributed by atoms with Crippen LogP contribution < -0.4 is 10.0 Å². The van der Waals surface area contributed by atoms with Gasteiger partial charge in [0.2, 0.25) is 10.0 Å². The van der Waals surface area contributed by atoms with E-state index in [1.807, 2.05) is 24.6 Å². The highest BCUT2D eigenvalue weighted by Crippen LogP contribution is 2.19. The molecule has 0 aliphatic heterocycles. The minimum Gasteiger partial charge on any atom is -0.369 e. The molecule has 0 radical (unpaired) electrons. The Morgan fingerprint density at radius 2 is 1.93 bits per heavy atom. The summed E-state index contributed by atoms with van der Waals surface area (Å²) in [5, 5.41) is 3.49. The smallest absolute Gasteiger partial charge is 0.240 e. The summed E-state index contributed by atoms with van der Waals surface area (Å²) in [6.45, 7) is 4.24. The first-order valence-corrected chi connectivity index (χ1v) is 10.0. The van der Waals surface area contributed by atoms with Gasteiger partial charge >= 0.3 is 0 Å². The Hall–Kier alpha value is -2.49. The molecule has 3 aromatic rings. The predicted octanol–water partition coefficient (Wildman–Crippen LogP) is 2.32. The molecule has 142 valence electrons. The van der Waals surface area contributed by atoms with Crippen LogP contribution in [0.25, 0.3) is 5.82 Å². The van der Waals surface area contributed by atoms with Gasteiger partial charge < -0.3 is 5.32 Å².